The molecule has 0 saturated carbocycles. The molecule has 1 fully saturated rings. The van der Waals surface area contributed by atoms with Crippen LogP contribution in [-0.2, 0) is 10.0 Å². The predicted molar refractivity (Wildman–Crippen MR) is 110 cm³/mol. The maximum atomic E-state index is 12.7. The zero-order valence-corrected chi connectivity index (χ0v) is 17.5. The first-order valence-electron chi connectivity index (χ1n) is 8.39. The summed E-state index contributed by atoms with van der Waals surface area (Å²) in [6.07, 6.45) is 1.75. The maximum absolute atomic E-state index is 12.7. The number of nitrogens with zero attached hydrogens (tertiary/aromatic N) is 3. The molecule has 146 valence electrons. The quantitative estimate of drug-likeness (QED) is 0.598. The molecule has 28 heavy (non-hydrogen) atoms. The van der Waals surface area contributed by atoms with Gasteiger partial charge in [0, 0.05) is 13.1 Å². The Bertz CT molecular complexity index is 1170. The van der Waals surface area contributed by atoms with Crippen LogP contribution < -0.4 is 5.32 Å². The Labute approximate surface area is 175 Å². The molecule has 1 amide bonds. The molecule has 0 aliphatic carbocycles. The fraction of sp³-hybridized carbons (Fsp3) is 0.235. The Morgan fingerprint density at radius 1 is 1.11 bits per heavy atom. The van der Waals surface area contributed by atoms with Crippen molar-refractivity contribution in [3.8, 4) is 0 Å². The molecule has 1 aliphatic rings. The molecule has 1 aliphatic heterocycles. The van der Waals surface area contributed by atoms with E-state index in [-0.39, 0.29) is 20.8 Å². The third kappa shape index (κ3) is 3.72. The van der Waals surface area contributed by atoms with Gasteiger partial charge in [0.15, 0.2) is 5.13 Å². The number of benzene rings is 1. The molecule has 0 bridgehead atoms. The molecule has 0 spiro atoms. The van der Waals surface area contributed by atoms with Gasteiger partial charge in [-0.05, 0) is 43.2 Å². The minimum Gasteiger partial charge on any atom is -0.296 e. The van der Waals surface area contributed by atoms with E-state index < -0.39 is 15.9 Å². The summed E-state index contributed by atoms with van der Waals surface area (Å²) in [6, 6.07) is 7.73. The molecule has 1 saturated heterocycles. The van der Waals surface area contributed by atoms with Crippen molar-refractivity contribution in [1.82, 2.24) is 14.3 Å². The molecule has 1 aromatic carbocycles. The topological polar surface area (TPSA) is 92.3 Å². The van der Waals surface area contributed by atoms with Gasteiger partial charge in [0.25, 0.3) is 5.91 Å². The van der Waals surface area contributed by atoms with E-state index in [1.54, 1.807) is 12.1 Å². The highest BCUT2D eigenvalue weighted by Crippen LogP contribution is 2.30. The van der Waals surface area contributed by atoms with Crippen molar-refractivity contribution in [3.63, 3.8) is 0 Å². The number of rotatable bonds is 4. The largest absolute Gasteiger partial charge is 0.296 e. The lowest BCUT2D eigenvalue weighted by Crippen LogP contribution is -2.27. The molecule has 11 heteroatoms. The number of carbonyl (C=O) groups excluding carboxylic acids is 1. The number of hydrogen-bond acceptors (Lipinski definition) is 6. The molecule has 0 unspecified atom stereocenters. The molecule has 0 atom stereocenters. The Morgan fingerprint density at radius 2 is 1.86 bits per heavy atom. The average molecular weight is 457 g/mol. The van der Waals surface area contributed by atoms with Gasteiger partial charge in [-0.25, -0.2) is 18.4 Å². The maximum Gasteiger partial charge on any atom is 0.277 e. The van der Waals surface area contributed by atoms with Gasteiger partial charge in [0.2, 0.25) is 10.0 Å². The summed E-state index contributed by atoms with van der Waals surface area (Å²) in [6.45, 7) is 1.08. The van der Waals surface area contributed by atoms with Crippen LogP contribution in [0.5, 0.6) is 0 Å². The molecule has 1 N–H and O–H groups in total. The number of anilines is 1. The highest BCUT2D eigenvalue weighted by Gasteiger charge is 2.27. The third-order valence-corrected chi connectivity index (χ3v) is 7.65. The van der Waals surface area contributed by atoms with E-state index >= 15 is 0 Å². The number of pyridine rings is 1. The number of fused-ring (bicyclic) bond motifs is 1. The second kappa shape index (κ2) is 7.57. The lowest BCUT2D eigenvalue weighted by atomic mass is 10.3. The smallest absolute Gasteiger partial charge is 0.277 e. The van der Waals surface area contributed by atoms with Crippen molar-refractivity contribution in [3.05, 3.63) is 46.2 Å². The third-order valence-electron chi connectivity index (χ3n) is 4.31. The van der Waals surface area contributed by atoms with Crippen LogP contribution in [0.3, 0.4) is 0 Å². The Morgan fingerprint density at radius 3 is 2.61 bits per heavy atom. The van der Waals surface area contributed by atoms with Crippen molar-refractivity contribution in [2.45, 2.75) is 17.7 Å². The lowest BCUT2D eigenvalue weighted by Gasteiger charge is -2.15. The molecule has 2 aromatic heterocycles. The number of amides is 1. The molecular weight excluding hydrogens is 443 g/mol. The second-order valence-corrected chi connectivity index (χ2v) is 9.94. The number of thiazole rings is 1. The van der Waals surface area contributed by atoms with E-state index in [0.29, 0.717) is 28.4 Å². The van der Waals surface area contributed by atoms with Crippen LogP contribution in [0.2, 0.25) is 10.2 Å². The summed E-state index contributed by atoms with van der Waals surface area (Å²) in [7, 11) is -3.51. The van der Waals surface area contributed by atoms with Gasteiger partial charge in [-0.1, -0.05) is 34.5 Å². The molecular formula is C17H14Cl2N4O3S2. The van der Waals surface area contributed by atoms with Gasteiger partial charge in [-0.3, -0.25) is 10.1 Å². The van der Waals surface area contributed by atoms with Gasteiger partial charge in [0.05, 0.1) is 20.1 Å². The Hall–Kier alpha value is -1.78. The van der Waals surface area contributed by atoms with E-state index in [9.17, 15) is 13.2 Å². The summed E-state index contributed by atoms with van der Waals surface area (Å²) >= 11 is 13.0. The highest BCUT2D eigenvalue weighted by atomic mass is 35.5. The fourth-order valence-electron chi connectivity index (χ4n) is 2.93. The normalized spacial score (nSPS) is 15.2. The van der Waals surface area contributed by atoms with E-state index in [1.165, 1.54) is 33.8 Å². The number of hydrogen-bond donors (Lipinski definition) is 1. The Balaban J connectivity index is 1.61. The molecule has 3 heterocycles. The van der Waals surface area contributed by atoms with E-state index in [4.69, 9.17) is 23.2 Å². The Kier molecular flexibility index (Phi) is 5.28. The second-order valence-electron chi connectivity index (χ2n) is 6.18. The standard InChI is InChI=1S/C17H14Cl2N4O3S2/c18-11-4-6-14(19)21-15(11)16(24)22-17-20-12-5-3-10(9-13(12)27-17)28(25,26)23-7-1-2-8-23/h3-6,9H,1-2,7-8H2,(H,20,22,24). The van der Waals surface area contributed by atoms with Gasteiger partial charge in [-0.2, -0.15) is 4.31 Å². The molecule has 4 rings (SSSR count). The van der Waals surface area contributed by atoms with Crippen molar-refractivity contribution in [1.29, 1.82) is 0 Å². The zero-order chi connectivity index (χ0) is 19.9. The minimum atomic E-state index is -3.51. The lowest BCUT2D eigenvalue weighted by molar-refractivity contribution is 0.102. The number of aromatic nitrogens is 2. The zero-order valence-electron chi connectivity index (χ0n) is 14.4. The summed E-state index contributed by atoms with van der Waals surface area (Å²) in [5, 5.41) is 3.26. The SMILES string of the molecule is O=C(Nc1nc2ccc(S(=O)(=O)N3CCCC3)cc2s1)c1nc(Cl)ccc1Cl. The van der Waals surface area contributed by atoms with Crippen LogP contribution in [0, 0.1) is 0 Å². The predicted octanol–water partition coefficient (Wildman–Crippen LogP) is 4.03. The van der Waals surface area contributed by atoms with Crippen LogP contribution in [0.1, 0.15) is 23.3 Å². The van der Waals surface area contributed by atoms with E-state index in [2.05, 4.69) is 15.3 Å². The van der Waals surface area contributed by atoms with Crippen LogP contribution in [0.15, 0.2) is 35.2 Å². The number of carbonyl (C=O) groups is 1. The summed E-state index contributed by atoms with van der Waals surface area (Å²) in [5.41, 5.74) is 0.580. The molecule has 7 nitrogen and oxygen atoms in total. The van der Waals surface area contributed by atoms with Gasteiger partial charge < -0.3 is 0 Å². The van der Waals surface area contributed by atoms with Crippen molar-refractivity contribution in [2.24, 2.45) is 0 Å². The first-order valence-corrected chi connectivity index (χ1v) is 11.4. The minimum absolute atomic E-state index is 0.00859. The molecule has 0 radical (unpaired) electrons. The number of sulfonamides is 1. The molecule has 3 aromatic rings. The fourth-order valence-corrected chi connectivity index (χ4v) is 5.79. The monoisotopic (exact) mass is 456 g/mol. The van der Waals surface area contributed by atoms with Crippen LogP contribution in [0.25, 0.3) is 10.2 Å². The average Bonchev–Trinajstić information content (AvgIpc) is 3.32. The van der Waals surface area contributed by atoms with Gasteiger partial charge in [0.1, 0.15) is 10.8 Å². The number of halogens is 2. The van der Waals surface area contributed by atoms with Crippen molar-refractivity contribution >= 4 is 65.8 Å². The first kappa shape index (κ1) is 19.5. The van der Waals surface area contributed by atoms with Crippen molar-refractivity contribution in [2.75, 3.05) is 18.4 Å². The number of nitrogens with one attached hydrogen (secondary N) is 1. The summed E-state index contributed by atoms with van der Waals surface area (Å²) in [4.78, 5) is 20.9. The van der Waals surface area contributed by atoms with E-state index in [0.717, 1.165) is 12.8 Å². The van der Waals surface area contributed by atoms with Crippen LogP contribution >= 0.6 is 34.5 Å². The first-order chi connectivity index (χ1) is 13.3. The van der Waals surface area contributed by atoms with E-state index in [1.807, 2.05) is 0 Å². The summed E-state index contributed by atoms with van der Waals surface area (Å²) in [5.74, 6) is -0.545. The van der Waals surface area contributed by atoms with Crippen LogP contribution in [-0.4, -0.2) is 41.7 Å². The highest BCUT2D eigenvalue weighted by molar-refractivity contribution is 7.89. The van der Waals surface area contributed by atoms with Crippen LogP contribution in [0.4, 0.5) is 5.13 Å². The van der Waals surface area contributed by atoms with Crippen molar-refractivity contribution < 1.29 is 13.2 Å². The van der Waals surface area contributed by atoms with Gasteiger partial charge in [-0.15, -0.1) is 0 Å². The van der Waals surface area contributed by atoms with Gasteiger partial charge >= 0.3 is 0 Å². The summed E-state index contributed by atoms with van der Waals surface area (Å²) < 4.78 is 27.6.